The van der Waals surface area contributed by atoms with Crippen LogP contribution in [0.5, 0.6) is 0 Å². The van der Waals surface area contributed by atoms with Crippen LogP contribution in [0.2, 0.25) is 0 Å². The summed E-state index contributed by atoms with van der Waals surface area (Å²) < 4.78 is 13.5. The maximum atomic E-state index is 13.5. The zero-order valence-corrected chi connectivity index (χ0v) is 13.3. The Bertz CT molecular complexity index is 463. The molecule has 1 rings (SSSR count). The minimum Gasteiger partial charge on any atom is -0.353 e. The molecule has 112 valence electrons. The van der Waals surface area contributed by atoms with Crippen LogP contribution in [0, 0.1) is 5.82 Å². The molecule has 1 heterocycles. The zero-order chi connectivity index (χ0) is 15.3. The lowest BCUT2D eigenvalue weighted by atomic mass is 10.1. The fraction of sp³-hybridized carbons (Fsp3) is 0.562. The van der Waals surface area contributed by atoms with Crippen LogP contribution < -0.4 is 10.2 Å². The highest BCUT2D eigenvalue weighted by Gasteiger charge is 2.15. The summed E-state index contributed by atoms with van der Waals surface area (Å²) >= 11 is 0. The summed E-state index contributed by atoms with van der Waals surface area (Å²) in [6.45, 7) is 16.4. The number of nitrogens with zero attached hydrogens (tertiary/aromatic N) is 2. The molecule has 1 aromatic rings. The van der Waals surface area contributed by atoms with Crippen molar-refractivity contribution >= 4 is 5.82 Å². The molecule has 1 N–H and O–H groups in total. The van der Waals surface area contributed by atoms with Gasteiger partial charge in [-0.25, -0.2) is 9.37 Å². The molecule has 0 saturated carbocycles. The second kappa shape index (κ2) is 6.84. The van der Waals surface area contributed by atoms with E-state index >= 15 is 0 Å². The maximum absolute atomic E-state index is 13.5. The van der Waals surface area contributed by atoms with Gasteiger partial charge >= 0.3 is 0 Å². The molecule has 0 aliphatic rings. The molecular weight excluding hydrogens is 253 g/mol. The van der Waals surface area contributed by atoms with Crippen molar-refractivity contribution in [1.29, 1.82) is 0 Å². The summed E-state index contributed by atoms with van der Waals surface area (Å²) in [5.74, 6) is 0.527. The predicted octanol–water partition coefficient (Wildman–Crippen LogP) is 3.51. The van der Waals surface area contributed by atoms with Gasteiger partial charge in [0.05, 0.1) is 6.20 Å². The second-order valence-corrected chi connectivity index (χ2v) is 6.21. The summed E-state index contributed by atoms with van der Waals surface area (Å²) in [6.07, 6.45) is 1.27. The van der Waals surface area contributed by atoms with Crippen LogP contribution in [0.1, 0.15) is 40.2 Å². The highest BCUT2D eigenvalue weighted by Crippen LogP contribution is 2.20. The van der Waals surface area contributed by atoms with Gasteiger partial charge in [-0.3, -0.25) is 0 Å². The van der Waals surface area contributed by atoms with E-state index in [4.69, 9.17) is 0 Å². The van der Waals surface area contributed by atoms with Gasteiger partial charge in [-0.05, 0) is 40.7 Å². The van der Waals surface area contributed by atoms with Gasteiger partial charge in [0.25, 0.3) is 0 Å². The van der Waals surface area contributed by atoms with Gasteiger partial charge < -0.3 is 10.2 Å². The number of nitrogens with one attached hydrogen (secondary N) is 1. The molecule has 0 aliphatic heterocycles. The SMILES string of the molecule is C=C(C)CN(CC)c1ncc(F)cc1CNC(C)(C)C. The van der Waals surface area contributed by atoms with Crippen molar-refractivity contribution in [3.63, 3.8) is 0 Å². The summed E-state index contributed by atoms with van der Waals surface area (Å²) in [5.41, 5.74) is 1.92. The Balaban J connectivity index is 3.02. The highest BCUT2D eigenvalue weighted by molar-refractivity contribution is 5.48. The Hall–Kier alpha value is -1.42. The molecule has 0 radical (unpaired) electrons. The van der Waals surface area contributed by atoms with Crippen molar-refractivity contribution in [3.8, 4) is 0 Å². The van der Waals surface area contributed by atoms with E-state index in [1.807, 2.05) is 6.92 Å². The van der Waals surface area contributed by atoms with Crippen LogP contribution >= 0.6 is 0 Å². The topological polar surface area (TPSA) is 28.2 Å². The third-order valence-corrected chi connectivity index (χ3v) is 2.86. The molecule has 0 amide bonds. The van der Waals surface area contributed by atoms with Gasteiger partial charge in [0, 0.05) is 30.7 Å². The van der Waals surface area contributed by atoms with Crippen molar-refractivity contribution in [2.75, 3.05) is 18.0 Å². The van der Waals surface area contributed by atoms with E-state index in [0.29, 0.717) is 6.54 Å². The summed E-state index contributed by atoms with van der Waals surface area (Å²) in [7, 11) is 0. The van der Waals surface area contributed by atoms with Gasteiger partial charge in [-0.15, -0.1) is 0 Å². The van der Waals surface area contributed by atoms with Crippen LogP contribution in [-0.4, -0.2) is 23.6 Å². The lowest BCUT2D eigenvalue weighted by Crippen LogP contribution is -2.36. The second-order valence-electron chi connectivity index (χ2n) is 6.21. The van der Waals surface area contributed by atoms with Crippen molar-refractivity contribution in [2.24, 2.45) is 0 Å². The van der Waals surface area contributed by atoms with Crippen molar-refractivity contribution in [1.82, 2.24) is 10.3 Å². The van der Waals surface area contributed by atoms with Crippen LogP contribution in [0.25, 0.3) is 0 Å². The molecule has 3 nitrogen and oxygen atoms in total. The van der Waals surface area contributed by atoms with E-state index < -0.39 is 0 Å². The first-order valence-corrected chi connectivity index (χ1v) is 7.01. The molecule has 0 bridgehead atoms. The van der Waals surface area contributed by atoms with Gasteiger partial charge in [0.1, 0.15) is 11.6 Å². The maximum Gasteiger partial charge on any atom is 0.141 e. The number of hydrogen-bond acceptors (Lipinski definition) is 3. The summed E-state index contributed by atoms with van der Waals surface area (Å²) in [6, 6.07) is 1.56. The first-order valence-electron chi connectivity index (χ1n) is 7.01. The highest BCUT2D eigenvalue weighted by atomic mass is 19.1. The Morgan fingerprint density at radius 1 is 1.45 bits per heavy atom. The molecular formula is C16H26FN3. The number of hydrogen-bond donors (Lipinski definition) is 1. The smallest absolute Gasteiger partial charge is 0.141 e. The van der Waals surface area contributed by atoms with E-state index in [2.05, 4.69) is 49.5 Å². The quantitative estimate of drug-likeness (QED) is 0.808. The van der Waals surface area contributed by atoms with Crippen LogP contribution in [0.4, 0.5) is 10.2 Å². The lowest BCUT2D eigenvalue weighted by Gasteiger charge is -2.26. The zero-order valence-electron chi connectivity index (χ0n) is 13.3. The Labute approximate surface area is 121 Å². The number of likely N-dealkylation sites (N-methyl/N-ethyl adjacent to an activating group) is 1. The molecule has 0 unspecified atom stereocenters. The van der Waals surface area contributed by atoms with Crippen molar-refractivity contribution in [3.05, 3.63) is 35.8 Å². The summed E-state index contributed by atoms with van der Waals surface area (Å²) in [4.78, 5) is 6.39. The van der Waals surface area contributed by atoms with E-state index in [0.717, 1.165) is 30.0 Å². The lowest BCUT2D eigenvalue weighted by molar-refractivity contribution is 0.423. The first-order chi connectivity index (χ1) is 9.23. The number of anilines is 1. The van der Waals surface area contributed by atoms with Gasteiger partial charge in [0.15, 0.2) is 0 Å². The molecule has 4 heteroatoms. The molecule has 20 heavy (non-hydrogen) atoms. The average molecular weight is 279 g/mol. The third-order valence-electron chi connectivity index (χ3n) is 2.86. The molecule has 0 atom stereocenters. The number of rotatable bonds is 6. The van der Waals surface area contributed by atoms with E-state index in [9.17, 15) is 4.39 Å². The number of halogens is 1. The van der Waals surface area contributed by atoms with Crippen LogP contribution in [0.3, 0.4) is 0 Å². The molecule has 0 fully saturated rings. The monoisotopic (exact) mass is 279 g/mol. The van der Waals surface area contributed by atoms with E-state index in [1.165, 1.54) is 6.20 Å². The van der Waals surface area contributed by atoms with Crippen LogP contribution in [-0.2, 0) is 6.54 Å². The van der Waals surface area contributed by atoms with Gasteiger partial charge in [0.2, 0.25) is 0 Å². The third kappa shape index (κ3) is 5.29. The molecule has 1 aromatic heterocycles. The first kappa shape index (κ1) is 16.6. The average Bonchev–Trinajstić information content (AvgIpc) is 2.33. The fourth-order valence-electron chi connectivity index (χ4n) is 1.91. The molecule has 0 aliphatic carbocycles. The molecule has 0 aromatic carbocycles. The minimum atomic E-state index is -0.300. The standard InChI is InChI=1S/C16H26FN3/c1-7-20(11-12(2)3)15-13(8-14(17)10-18-15)9-19-16(4,5)6/h8,10,19H,2,7,9,11H2,1,3-6H3. The predicted molar refractivity (Wildman–Crippen MR) is 83.5 cm³/mol. The Morgan fingerprint density at radius 2 is 2.10 bits per heavy atom. The Morgan fingerprint density at radius 3 is 2.60 bits per heavy atom. The van der Waals surface area contributed by atoms with Gasteiger partial charge in [-0.2, -0.15) is 0 Å². The Kier molecular flexibility index (Phi) is 5.69. The largest absolute Gasteiger partial charge is 0.353 e. The number of pyridine rings is 1. The molecule has 0 spiro atoms. The molecule has 0 saturated heterocycles. The van der Waals surface area contributed by atoms with Crippen molar-refractivity contribution < 1.29 is 4.39 Å². The number of aromatic nitrogens is 1. The van der Waals surface area contributed by atoms with Gasteiger partial charge in [-0.1, -0.05) is 12.2 Å². The van der Waals surface area contributed by atoms with E-state index in [-0.39, 0.29) is 11.4 Å². The minimum absolute atomic E-state index is 0.0189. The fourth-order valence-corrected chi connectivity index (χ4v) is 1.91. The summed E-state index contributed by atoms with van der Waals surface area (Å²) in [5, 5.41) is 3.38. The van der Waals surface area contributed by atoms with Crippen molar-refractivity contribution in [2.45, 2.75) is 46.7 Å². The van der Waals surface area contributed by atoms with E-state index in [1.54, 1.807) is 6.07 Å². The normalized spacial score (nSPS) is 11.5. The van der Waals surface area contributed by atoms with Crippen LogP contribution in [0.15, 0.2) is 24.4 Å².